The molecule has 1 aromatic carbocycles. The SMILES string of the molecule is c1cc(N2CCCC2)ccc1CNCCC1CCCCO1. The second-order valence-corrected chi connectivity index (χ2v) is 6.31. The zero-order chi connectivity index (χ0) is 14.3. The van der Waals surface area contributed by atoms with Gasteiger partial charge >= 0.3 is 0 Å². The lowest BCUT2D eigenvalue weighted by Gasteiger charge is -2.22. The molecular formula is C18H28N2O. The van der Waals surface area contributed by atoms with Crippen molar-refractivity contribution in [3.8, 4) is 0 Å². The normalized spacial score (nSPS) is 22.7. The second-order valence-electron chi connectivity index (χ2n) is 6.31. The lowest BCUT2D eigenvalue weighted by Crippen LogP contribution is -2.25. The summed E-state index contributed by atoms with van der Waals surface area (Å²) in [5.74, 6) is 0. The van der Waals surface area contributed by atoms with Crippen LogP contribution in [0.25, 0.3) is 0 Å². The van der Waals surface area contributed by atoms with Crippen molar-refractivity contribution in [2.24, 2.45) is 0 Å². The van der Waals surface area contributed by atoms with Crippen LogP contribution in [-0.2, 0) is 11.3 Å². The number of nitrogens with zero attached hydrogens (tertiary/aromatic N) is 1. The average Bonchev–Trinajstić information content (AvgIpc) is 3.08. The van der Waals surface area contributed by atoms with Gasteiger partial charge in [0.2, 0.25) is 0 Å². The van der Waals surface area contributed by atoms with Gasteiger partial charge in [0.25, 0.3) is 0 Å². The summed E-state index contributed by atoms with van der Waals surface area (Å²) in [7, 11) is 0. The summed E-state index contributed by atoms with van der Waals surface area (Å²) in [6, 6.07) is 9.06. The van der Waals surface area contributed by atoms with Gasteiger partial charge in [-0.1, -0.05) is 12.1 Å². The summed E-state index contributed by atoms with van der Waals surface area (Å²) in [5.41, 5.74) is 2.76. The molecule has 3 rings (SSSR count). The molecule has 0 amide bonds. The van der Waals surface area contributed by atoms with Crippen molar-refractivity contribution in [1.29, 1.82) is 0 Å². The van der Waals surface area contributed by atoms with E-state index in [9.17, 15) is 0 Å². The Morgan fingerprint density at radius 1 is 1.05 bits per heavy atom. The summed E-state index contributed by atoms with van der Waals surface area (Å²) < 4.78 is 5.76. The minimum absolute atomic E-state index is 0.490. The largest absolute Gasteiger partial charge is 0.378 e. The molecule has 116 valence electrons. The first-order valence-corrected chi connectivity index (χ1v) is 8.58. The highest BCUT2D eigenvalue weighted by molar-refractivity contribution is 5.48. The fourth-order valence-electron chi connectivity index (χ4n) is 3.33. The first kappa shape index (κ1) is 14.9. The molecule has 0 spiro atoms. The Bertz CT molecular complexity index is 406. The lowest BCUT2D eigenvalue weighted by atomic mass is 10.1. The van der Waals surface area contributed by atoms with Crippen LogP contribution in [-0.4, -0.2) is 32.3 Å². The number of nitrogens with one attached hydrogen (secondary N) is 1. The molecule has 2 heterocycles. The Balaban J connectivity index is 1.36. The van der Waals surface area contributed by atoms with Gasteiger partial charge in [-0.25, -0.2) is 0 Å². The number of hydrogen-bond acceptors (Lipinski definition) is 3. The first-order chi connectivity index (χ1) is 10.4. The van der Waals surface area contributed by atoms with Gasteiger partial charge in [0, 0.05) is 31.9 Å². The van der Waals surface area contributed by atoms with E-state index < -0.39 is 0 Å². The van der Waals surface area contributed by atoms with Crippen molar-refractivity contribution in [1.82, 2.24) is 5.32 Å². The van der Waals surface area contributed by atoms with Crippen LogP contribution in [0, 0.1) is 0 Å². The number of ether oxygens (including phenoxy) is 1. The third-order valence-electron chi connectivity index (χ3n) is 4.65. The third-order valence-corrected chi connectivity index (χ3v) is 4.65. The van der Waals surface area contributed by atoms with Crippen molar-refractivity contribution in [2.75, 3.05) is 31.1 Å². The Labute approximate surface area is 128 Å². The van der Waals surface area contributed by atoms with Gasteiger partial charge in [-0.05, 0) is 62.8 Å². The molecule has 1 aromatic rings. The molecule has 1 unspecified atom stereocenters. The van der Waals surface area contributed by atoms with Crippen LogP contribution in [0.3, 0.4) is 0 Å². The lowest BCUT2D eigenvalue weighted by molar-refractivity contribution is 0.0115. The standard InChI is InChI=1S/C18H28N2O/c1-4-14-21-18(5-1)10-11-19-15-16-6-8-17(9-7-16)20-12-2-3-13-20/h6-9,18-19H,1-5,10-15H2. The average molecular weight is 288 g/mol. The maximum absolute atomic E-state index is 5.76. The zero-order valence-electron chi connectivity index (χ0n) is 13.0. The fraction of sp³-hybridized carbons (Fsp3) is 0.667. The maximum atomic E-state index is 5.76. The molecule has 2 fully saturated rings. The first-order valence-electron chi connectivity index (χ1n) is 8.58. The van der Waals surface area contributed by atoms with Crippen molar-refractivity contribution >= 4 is 5.69 Å². The molecule has 21 heavy (non-hydrogen) atoms. The molecule has 1 N–H and O–H groups in total. The molecule has 1 atom stereocenters. The summed E-state index contributed by atoms with van der Waals surface area (Å²) in [4.78, 5) is 2.48. The predicted molar refractivity (Wildman–Crippen MR) is 87.8 cm³/mol. The van der Waals surface area contributed by atoms with Crippen LogP contribution in [0.2, 0.25) is 0 Å². The van der Waals surface area contributed by atoms with Crippen LogP contribution in [0.5, 0.6) is 0 Å². The van der Waals surface area contributed by atoms with E-state index in [-0.39, 0.29) is 0 Å². The molecule has 2 saturated heterocycles. The minimum Gasteiger partial charge on any atom is -0.378 e. The van der Waals surface area contributed by atoms with Gasteiger partial charge in [-0.3, -0.25) is 0 Å². The van der Waals surface area contributed by atoms with Gasteiger partial charge in [-0.15, -0.1) is 0 Å². The number of anilines is 1. The highest BCUT2D eigenvalue weighted by Crippen LogP contribution is 2.20. The smallest absolute Gasteiger partial charge is 0.0587 e. The predicted octanol–water partition coefficient (Wildman–Crippen LogP) is 3.34. The van der Waals surface area contributed by atoms with Crippen molar-refractivity contribution < 1.29 is 4.74 Å². The van der Waals surface area contributed by atoms with E-state index in [0.717, 1.165) is 26.1 Å². The third kappa shape index (κ3) is 4.45. The van der Waals surface area contributed by atoms with Crippen LogP contribution in [0.4, 0.5) is 5.69 Å². The molecule has 0 saturated carbocycles. The van der Waals surface area contributed by atoms with Crippen molar-refractivity contribution in [2.45, 2.75) is 51.2 Å². The van der Waals surface area contributed by atoms with Gasteiger partial charge in [0.05, 0.1) is 6.10 Å². The molecule has 0 radical (unpaired) electrons. The summed E-state index contributed by atoms with van der Waals surface area (Å²) in [6.45, 7) is 5.42. The van der Waals surface area contributed by atoms with Crippen molar-refractivity contribution in [3.63, 3.8) is 0 Å². The van der Waals surface area contributed by atoms with Crippen LogP contribution in [0.1, 0.15) is 44.1 Å². The number of rotatable bonds is 6. The number of hydrogen-bond donors (Lipinski definition) is 1. The van der Waals surface area contributed by atoms with E-state index >= 15 is 0 Å². The van der Waals surface area contributed by atoms with E-state index in [0.29, 0.717) is 6.10 Å². The quantitative estimate of drug-likeness (QED) is 0.813. The fourth-order valence-corrected chi connectivity index (χ4v) is 3.33. The van der Waals surface area contributed by atoms with E-state index in [1.165, 1.54) is 56.4 Å². The van der Waals surface area contributed by atoms with E-state index in [1.807, 2.05) is 0 Å². The molecule has 2 aliphatic rings. The minimum atomic E-state index is 0.490. The van der Waals surface area contributed by atoms with Crippen molar-refractivity contribution in [3.05, 3.63) is 29.8 Å². The highest BCUT2D eigenvalue weighted by Gasteiger charge is 2.13. The van der Waals surface area contributed by atoms with E-state index in [4.69, 9.17) is 4.74 Å². The molecule has 0 aromatic heterocycles. The highest BCUT2D eigenvalue weighted by atomic mass is 16.5. The summed E-state index contributed by atoms with van der Waals surface area (Å²) in [5, 5.41) is 3.54. The summed E-state index contributed by atoms with van der Waals surface area (Å²) in [6.07, 6.45) is 8.14. The summed E-state index contributed by atoms with van der Waals surface area (Å²) >= 11 is 0. The molecule has 3 heteroatoms. The van der Waals surface area contributed by atoms with Gasteiger partial charge in [0.15, 0.2) is 0 Å². The van der Waals surface area contributed by atoms with Crippen LogP contribution in [0.15, 0.2) is 24.3 Å². The van der Waals surface area contributed by atoms with Crippen LogP contribution >= 0.6 is 0 Å². The Morgan fingerprint density at radius 3 is 2.57 bits per heavy atom. The molecule has 0 bridgehead atoms. The van der Waals surface area contributed by atoms with E-state index in [1.54, 1.807) is 0 Å². The van der Waals surface area contributed by atoms with Gasteiger partial charge in [-0.2, -0.15) is 0 Å². The maximum Gasteiger partial charge on any atom is 0.0587 e. The molecular weight excluding hydrogens is 260 g/mol. The second kappa shape index (κ2) is 7.81. The Kier molecular flexibility index (Phi) is 5.53. The Hall–Kier alpha value is -1.06. The van der Waals surface area contributed by atoms with Gasteiger partial charge in [0.1, 0.15) is 0 Å². The van der Waals surface area contributed by atoms with Gasteiger partial charge < -0.3 is 15.0 Å². The monoisotopic (exact) mass is 288 g/mol. The molecule has 2 aliphatic heterocycles. The number of benzene rings is 1. The molecule has 0 aliphatic carbocycles. The Morgan fingerprint density at radius 2 is 1.86 bits per heavy atom. The molecule has 3 nitrogen and oxygen atoms in total. The topological polar surface area (TPSA) is 24.5 Å². The zero-order valence-corrected chi connectivity index (χ0v) is 13.0. The van der Waals surface area contributed by atoms with E-state index in [2.05, 4.69) is 34.5 Å². The van der Waals surface area contributed by atoms with Crippen LogP contribution < -0.4 is 10.2 Å².